The zero-order chi connectivity index (χ0) is 22.1. The van der Waals surface area contributed by atoms with Gasteiger partial charge in [-0.15, -0.1) is 0 Å². The fourth-order valence-electron chi connectivity index (χ4n) is 4.42. The largest absolute Gasteiger partial charge is 0.365 e. The maximum atomic E-state index is 14.5. The number of carbonyl (C=O) groups is 1. The highest BCUT2D eigenvalue weighted by atomic mass is 19.1. The van der Waals surface area contributed by atoms with Crippen LogP contribution in [0.5, 0.6) is 0 Å². The summed E-state index contributed by atoms with van der Waals surface area (Å²) >= 11 is 0. The van der Waals surface area contributed by atoms with E-state index < -0.39 is 12.0 Å². The second kappa shape index (κ2) is 8.64. The maximum Gasteiger partial charge on any atom is 0.317 e. The number of carbonyl (C=O) groups excluding carboxylic acids is 1. The topological polar surface area (TPSA) is 112 Å². The summed E-state index contributed by atoms with van der Waals surface area (Å²) in [6, 6.07) is 3.29. The summed E-state index contributed by atoms with van der Waals surface area (Å²) in [6.45, 7) is 0.584. The van der Waals surface area contributed by atoms with Gasteiger partial charge in [0.1, 0.15) is 11.9 Å². The minimum atomic E-state index is -0.945. The Kier molecular flexibility index (Phi) is 5.54. The lowest BCUT2D eigenvalue weighted by atomic mass is 9.91. The molecule has 9 nitrogen and oxygen atoms in total. The zero-order valence-corrected chi connectivity index (χ0v) is 17.4. The molecular weight excluding hydrogens is 418 g/mol. The predicted octanol–water partition coefficient (Wildman–Crippen LogP) is 3.03. The first-order valence-electron chi connectivity index (χ1n) is 10.8. The quantitative estimate of drug-likeness (QED) is 0.573. The maximum absolute atomic E-state index is 14.5. The summed E-state index contributed by atoms with van der Waals surface area (Å²) in [6.07, 6.45) is 5.40. The molecule has 1 aliphatic heterocycles. The highest BCUT2D eigenvalue weighted by Crippen LogP contribution is 2.26. The lowest BCUT2D eigenvalue weighted by molar-refractivity contribution is 0.195. The Balaban J connectivity index is 1.27. The number of hydrogen-bond acceptors (Lipinski definition) is 6. The van der Waals surface area contributed by atoms with Crippen LogP contribution in [0.1, 0.15) is 32.1 Å². The molecule has 0 aromatic carbocycles. The molecule has 32 heavy (non-hydrogen) atoms. The highest BCUT2D eigenvalue weighted by molar-refractivity contribution is 5.88. The number of anilines is 1. The van der Waals surface area contributed by atoms with Crippen LogP contribution in [0.25, 0.3) is 22.6 Å². The third-order valence-electron chi connectivity index (χ3n) is 6.06. The van der Waals surface area contributed by atoms with E-state index in [2.05, 4.69) is 35.8 Å². The van der Waals surface area contributed by atoms with Gasteiger partial charge < -0.3 is 15.5 Å². The fraction of sp³-hybridized carbons (Fsp3) is 0.476. The first-order chi connectivity index (χ1) is 15.6. The lowest BCUT2D eigenvalue weighted by Crippen LogP contribution is -2.47. The van der Waals surface area contributed by atoms with E-state index in [1.165, 1.54) is 4.90 Å². The number of aromatic nitrogens is 5. The average molecular weight is 442 g/mol. The third kappa shape index (κ3) is 4.19. The van der Waals surface area contributed by atoms with E-state index in [0.29, 0.717) is 36.6 Å². The second-order valence-electron chi connectivity index (χ2n) is 8.35. The van der Waals surface area contributed by atoms with Gasteiger partial charge in [0, 0.05) is 30.2 Å². The molecule has 3 atom stereocenters. The Labute approximate surface area is 183 Å². The van der Waals surface area contributed by atoms with Gasteiger partial charge in [0.2, 0.25) is 0 Å². The molecule has 1 aliphatic carbocycles. The van der Waals surface area contributed by atoms with Crippen LogP contribution in [0.4, 0.5) is 19.4 Å². The number of fused-ring (bicyclic) bond motifs is 1. The van der Waals surface area contributed by atoms with Gasteiger partial charge in [-0.1, -0.05) is 0 Å². The van der Waals surface area contributed by atoms with Gasteiger partial charge in [-0.3, -0.25) is 5.10 Å². The van der Waals surface area contributed by atoms with Gasteiger partial charge in [0.05, 0.1) is 12.7 Å². The molecule has 168 valence electrons. The normalized spacial score (nSPS) is 23.4. The van der Waals surface area contributed by atoms with Crippen molar-refractivity contribution in [1.29, 1.82) is 0 Å². The Bertz CT molecular complexity index is 1120. The number of urea groups is 1. The minimum Gasteiger partial charge on any atom is -0.365 e. The van der Waals surface area contributed by atoms with Crippen LogP contribution in [0.15, 0.2) is 24.5 Å². The first-order valence-corrected chi connectivity index (χ1v) is 10.8. The van der Waals surface area contributed by atoms with Crippen LogP contribution >= 0.6 is 0 Å². The summed E-state index contributed by atoms with van der Waals surface area (Å²) in [5.41, 5.74) is 1.11. The summed E-state index contributed by atoms with van der Waals surface area (Å²) < 4.78 is 27.9. The summed E-state index contributed by atoms with van der Waals surface area (Å²) in [5.74, 6) is -0.119. The SMILES string of the molecule is O=C(N[C@@H]1CCCC(Nc2nc(-c3[nH]nc4ncccc34)ncc2F)C1)N1CC[C@@H](F)C1. The van der Waals surface area contributed by atoms with Gasteiger partial charge in [0.25, 0.3) is 0 Å². The van der Waals surface area contributed by atoms with Crippen LogP contribution in [-0.2, 0) is 0 Å². The van der Waals surface area contributed by atoms with E-state index in [0.717, 1.165) is 30.8 Å². The molecule has 3 aromatic heterocycles. The lowest BCUT2D eigenvalue weighted by Gasteiger charge is -2.31. The van der Waals surface area contributed by atoms with Crippen molar-refractivity contribution in [2.24, 2.45) is 0 Å². The van der Waals surface area contributed by atoms with Gasteiger partial charge in [-0.2, -0.15) is 5.10 Å². The molecule has 2 aliphatic rings. The number of nitrogens with one attached hydrogen (secondary N) is 3. The van der Waals surface area contributed by atoms with Crippen LogP contribution < -0.4 is 10.6 Å². The molecule has 1 unspecified atom stereocenters. The van der Waals surface area contributed by atoms with Crippen molar-refractivity contribution in [2.45, 2.75) is 50.4 Å². The number of amides is 2. The van der Waals surface area contributed by atoms with Crippen molar-refractivity contribution < 1.29 is 13.6 Å². The van der Waals surface area contributed by atoms with Crippen LogP contribution in [-0.4, -0.2) is 67.4 Å². The van der Waals surface area contributed by atoms with E-state index in [-0.39, 0.29) is 30.5 Å². The minimum absolute atomic E-state index is 0.0561. The Morgan fingerprint density at radius 2 is 2.09 bits per heavy atom. The summed E-state index contributed by atoms with van der Waals surface area (Å²) in [4.78, 5) is 26.6. The van der Waals surface area contributed by atoms with Gasteiger partial charge in [0.15, 0.2) is 23.1 Å². The molecule has 5 rings (SSSR count). The van der Waals surface area contributed by atoms with Crippen molar-refractivity contribution >= 4 is 22.9 Å². The van der Waals surface area contributed by atoms with Crippen LogP contribution in [0.3, 0.4) is 0 Å². The van der Waals surface area contributed by atoms with Gasteiger partial charge in [-0.25, -0.2) is 28.5 Å². The first kappa shape index (κ1) is 20.5. The molecule has 1 saturated carbocycles. The summed E-state index contributed by atoms with van der Waals surface area (Å²) in [7, 11) is 0. The van der Waals surface area contributed by atoms with Gasteiger partial charge >= 0.3 is 6.03 Å². The molecule has 1 saturated heterocycles. The van der Waals surface area contributed by atoms with Crippen LogP contribution in [0, 0.1) is 5.82 Å². The Hall–Kier alpha value is -3.37. The number of pyridine rings is 1. The second-order valence-corrected chi connectivity index (χ2v) is 8.35. The number of H-pyrrole nitrogens is 1. The van der Waals surface area contributed by atoms with Crippen molar-refractivity contribution in [2.75, 3.05) is 18.4 Å². The fourth-order valence-corrected chi connectivity index (χ4v) is 4.42. The third-order valence-corrected chi connectivity index (χ3v) is 6.06. The molecule has 3 aromatic rings. The van der Waals surface area contributed by atoms with Crippen molar-refractivity contribution in [1.82, 2.24) is 35.4 Å². The Morgan fingerprint density at radius 1 is 1.22 bits per heavy atom. The molecule has 0 spiro atoms. The molecule has 4 heterocycles. The molecule has 3 N–H and O–H groups in total. The smallest absolute Gasteiger partial charge is 0.317 e. The highest BCUT2D eigenvalue weighted by Gasteiger charge is 2.29. The standard InChI is InChI=1S/C21H24F2N8O/c22-12-6-8-31(11-12)21(32)27-14-4-1-3-13(9-14)26-19-16(23)10-25-20(28-19)17-15-5-2-7-24-18(15)30-29-17/h2,5,7,10,12-14H,1,3-4,6,8-9,11H2,(H,27,32)(H,24,29,30)(H,25,26,28)/t12-,13?,14-/m1/s1. The molecule has 0 radical (unpaired) electrons. The number of hydrogen-bond donors (Lipinski definition) is 3. The average Bonchev–Trinajstić information content (AvgIpc) is 3.42. The van der Waals surface area contributed by atoms with E-state index >= 15 is 0 Å². The van der Waals surface area contributed by atoms with Crippen molar-refractivity contribution in [3.8, 4) is 11.5 Å². The number of alkyl halides is 1. The number of rotatable bonds is 4. The molecule has 0 bridgehead atoms. The molecular formula is C21H24F2N8O. The molecule has 2 amide bonds. The molecule has 11 heteroatoms. The van der Waals surface area contributed by atoms with E-state index in [1.807, 2.05) is 6.07 Å². The summed E-state index contributed by atoms with van der Waals surface area (Å²) in [5, 5.41) is 13.9. The number of nitrogens with zero attached hydrogens (tertiary/aromatic N) is 5. The molecule has 2 fully saturated rings. The van der Waals surface area contributed by atoms with E-state index in [4.69, 9.17) is 0 Å². The van der Waals surface area contributed by atoms with E-state index in [1.54, 1.807) is 12.3 Å². The number of likely N-dealkylation sites (tertiary alicyclic amines) is 1. The van der Waals surface area contributed by atoms with Crippen molar-refractivity contribution in [3.63, 3.8) is 0 Å². The van der Waals surface area contributed by atoms with E-state index in [9.17, 15) is 13.6 Å². The van der Waals surface area contributed by atoms with Crippen molar-refractivity contribution in [3.05, 3.63) is 30.3 Å². The monoisotopic (exact) mass is 442 g/mol. The number of halogens is 2. The number of aromatic amines is 1. The Morgan fingerprint density at radius 3 is 2.94 bits per heavy atom. The zero-order valence-electron chi connectivity index (χ0n) is 17.4. The van der Waals surface area contributed by atoms with Gasteiger partial charge in [-0.05, 0) is 44.2 Å². The van der Waals surface area contributed by atoms with Crippen LogP contribution in [0.2, 0.25) is 0 Å². The predicted molar refractivity (Wildman–Crippen MR) is 114 cm³/mol.